The molecular formula is C14H20Br2N2OS. The van der Waals surface area contributed by atoms with Gasteiger partial charge in [0.1, 0.15) is 0 Å². The van der Waals surface area contributed by atoms with Gasteiger partial charge in [0, 0.05) is 13.1 Å². The summed E-state index contributed by atoms with van der Waals surface area (Å²) in [5.74, 6) is 0.728. The van der Waals surface area contributed by atoms with Crippen LogP contribution in [0.4, 0.5) is 0 Å². The monoisotopic (exact) mass is 422 g/mol. The van der Waals surface area contributed by atoms with Gasteiger partial charge in [-0.2, -0.15) is 0 Å². The fourth-order valence-electron chi connectivity index (χ4n) is 2.59. The minimum atomic E-state index is 0.145. The number of hydrogen-bond acceptors (Lipinski definition) is 3. The van der Waals surface area contributed by atoms with Gasteiger partial charge in [-0.15, -0.1) is 11.3 Å². The van der Waals surface area contributed by atoms with Gasteiger partial charge < -0.3 is 10.2 Å². The van der Waals surface area contributed by atoms with Crippen molar-refractivity contribution in [2.45, 2.75) is 26.2 Å². The Labute approximate surface area is 141 Å². The van der Waals surface area contributed by atoms with Crippen molar-refractivity contribution in [3.05, 3.63) is 19.2 Å². The van der Waals surface area contributed by atoms with Crippen LogP contribution in [0.15, 0.2) is 13.6 Å². The highest BCUT2D eigenvalue weighted by molar-refractivity contribution is 9.12. The lowest BCUT2D eigenvalue weighted by atomic mass is 9.99. The first kappa shape index (κ1) is 16.5. The van der Waals surface area contributed by atoms with Gasteiger partial charge in [0.2, 0.25) is 0 Å². The summed E-state index contributed by atoms with van der Waals surface area (Å²) in [6.07, 6.45) is 3.43. The largest absolute Gasteiger partial charge is 0.338 e. The van der Waals surface area contributed by atoms with Crippen molar-refractivity contribution in [3.8, 4) is 0 Å². The van der Waals surface area contributed by atoms with E-state index in [4.69, 9.17) is 0 Å². The standard InChI is InChI=1S/C14H20Br2N2OS/c1-2-6-18(9-10-4-3-5-17-8-10)14(19)11-7-12(15)20-13(11)16/h7,10,17H,2-6,8-9H2,1H3. The summed E-state index contributed by atoms with van der Waals surface area (Å²) in [6, 6.07) is 1.92. The molecule has 0 bridgehead atoms. The van der Waals surface area contributed by atoms with Gasteiger partial charge in [-0.25, -0.2) is 0 Å². The summed E-state index contributed by atoms with van der Waals surface area (Å²) in [6.45, 7) is 5.95. The van der Waals surface area contributed by atoms with Crippen molar-refractivity contribution in [1.82, 2.24) is 10.2 Å². The maximum Gasteiger partial charge on any atom is 0.255 e. The average molecular weight is 424 g/mol. The Hall–Kier alpha value is 0.0900. The molecule has 3 nitrogen and oxygen atoms in total. The minimum absolute atomic E-state index is 0.145. The van der Waals surface area contributed by atoms with E-state index in [0.29, 0.717) is 5.92 Å². The van der Waals surface area contributed by atoms with Crippen LogP contribution in [0.25, 0.3) is 0 Å². The Morgan fingerprint density at radius 3 is 2.90 bits per heavy atom. The quantitative estimate of drug-likeness (QED) is 0.772. The molecule has 0 radical (unpaired) electrons. The molecule has 1 aromatic heterocycles. The van der Waals surface area contributed by atoms with Gasteiger partial charge in [0.05, 0.1) is 13.1 Å². The van der Waals surface area contributed by atoms with E-state index in [-0.39, 0.29) is 5.91 Å². The third kappa shape index (κ3) is 4.29. The molecule has 1 unspecified atom stereocenters. The second kappa shape index (κ2) is 7.92. The molecule has 1 N–H and O–H groups in total. The molecule has 1 aromatic rings. The summed E-state index contributed by atoms with van der Waals surface area (Å²) in [7, 11) is 0. The summed E-state index contributed by atoms with van der Waals surface area (Å²) >= 11 is 8.49. The lowest BCUT2D eigenvalue weighted by Crippen LogP contribution is -2.41. The van der Waals surface area contributed by atoms with Crippen LogP contribution < -0.4 is 5.32 Å². The smallest absolute Gasteiger partial charge is 0.255 e. The molecule has 1 aliphatic heterocycles. The van der Waals surface area contributed by atoms with Crippen LogP contribution in [0, 0.1) is 5.92 Å². The molecule has 1 atom stereocenters. The van der Waals surface area contributed by atoms with E-state index in [0.717, 1.165) is 45.7 Å². The van der Waals surface area contributed by atoms with Crippen molar-refractivity contribution < 1.29 is 4.79 Å². The highest BCUT2D eigenvalue weighted by Crippen LogP contribution is 2.32. The highest BCUT2D eigenvalue weighted by Gasteiger charge is 2.23. The van der Waals surface area contributed by atoms with Crippen LogP contribution in [0.5, 0.6) is 0 Å². The molecular weight excluding hydrogens is 404 g/mol. The molecule has 0 aliphatic carbocycles. The zero-order valence-corrected chi connectivity index (χ0v) is 15.6. The SMILES string of the molecule is CCCN(CC1CCCNC1)C(=O)c1cc(Br)sc1Br. The number of amides is 1. The molecule has 1 aliphatic rings. The topological polar surface area (TPSA) is 32.3 Å². The van der Waals surface area contributed by atoms with Crippen molar-refractivity contribution in [3.63, 3.8) is 0 Å². The van der Waals surface area contributed by atoms with E-state index >= 15 is 0 Å². The maximum atomic E-state index is 12.7. The summed E-state index contributed by atoms with van der Waals surface area (Å²) in [5, 5.41) is 3.42. The zero-order chi connectivity index (χ0) is 14.5. The molecule has 1 fully saturated rings. The fourth-order valence-corrected chi connectivity index (χ4v) is 5.37. The molecule has 2 rings (SSSR count). The molecule has 2 heterocycles. The van der Waals surface area contributed by atoms with Gasteiger partial charge in [-0.1, -0.05) is 6.92 Å². The lowest BCUT2D eigenvalue weighted by Gasteiger charge is -2.30. The van der Waals surface area contributed by atoms with Gasteiger partial charge in [-0.3, -0.25) is 4.79 Å². The normalized spacial score (nSPS) is 19.1. The number of rotatable bonds is 5. The van der Waals surface area contributed by atoms with E-state index in [1.807, 2.05) is 11.0 Å². The van der Waals surface area contributed by atoms with Crippen LogP contribution in [0.1, 0.15) is 36.5 Å². The average Bonchev–Trinajstić information content (AvgIpc) is 2.77. The second-order valence-corrected chi connectivity index (χ2v) is 8.95. The van der Waals surface area contributed by atoms with Crippen LogP contribution in [-0.2, 0) is 0 Å². The van der Waals surface area contributed by atoms with Crippen LogP contribution in [-0.4, -0.2) is 37.0 Å². The van der Waals surface area contributed by atoms with E-state index in [2.05, 4.69) is 44.1 Å². The summed E-state index contributed by atoms with van der Waals surface area (Å²) < 4.78 is 1.90. The highest BCUT2D eigenvalue weighted by atomic mass is 79.9. The number of hydrogen-bond donors (Lipinski definition) is 1. The van der Waals surface area contributed by atoms with Crippen molar-refractivity contribution in [2.75, 3.05) is 26.2 Å². The fraction of sp³-hybridized carbons (Fsp3) is 0.643. The van der Waals surface area contributed by atoms with E-state index in [1.165, 1.54) is 12.8 Å². The predicted molar refractivity (Wildman–Crippen MR) is 91.5 cm³/mol. The number of carbonyl (C=O) groups is 1. The number of nitrogens with one attached hydrogen (secondary N) is 1. The van der Waals surface area contributed by atoms with E-state index in [1.54, 1.807) is 11.3 Å². The Morgan fingerprint density at radius 2 is 2.35 bits per heavy atom. The number of nitrogens with zero attached hydrogens (tertiary/aromatic N) is 1. The molecule has 0 spiro atoms. The van der Waals surface area contributed by atoms with Gasteiger partial charge in [0.25, 0.3) is 5.91 Å². The number of thiophene rings is 1. The molecule has 112 valence electrons. The maximum absolute atomic E-state index is 12.7. The third-order valence-electron chi connectivity index (χ3n) is 3.55. The van der Waals surface area contributed by atoms with Crippen LogP contribution in [0.3, 0.4) is 0 Å². The Kier molecular flexibility index (Phi) is 6.52. The van der Waals surface area contributed by atoms with Crippen LogP contribution >= 0.6 is 43.2 Å². The first-order valence-electron chi connectivity index (χ1n) is 7.06. The molecule has 6 heteroatoms. The number of carbonyl (C=O) groups excluding carboxylic acids is 1. The summed E-state index contributed by atoms with van der Waals surface area (Å²) in [5.41, 5.74) is 0.777. The molecule has 20 heavy (non-hydrogen) atoms. The first-order valence-corrected chi connectivity index (χ1v) is 9.47. The van der Waals surface area contributed by atoms with Crippen LogP contribution in [0.2, 0.25) is 0 Å². The second-order valence-electron chi connectivity index (χ2n) is 5.20. The molecule has 1 saturated heterocycles. The Bertz CT molecular complexity index is 458. The Morgan fingerprint density at radius 1 is 1.55 bits per heavy atom. The first-order chi connectivity index (χ1) is 9.61. The number of piperidine rings is 1. The van der Waals surface area contributed by atoms with Gasteiger partial charge in [-0.05, 0) is 76.2 Å². The van der Waals surface area contributed by atoms with E-state index in [9.17, 15) is 4.79 Å². The molecule has 1 amide bonds. The van der Waals surface area contributed by atoms with Crippen molar-refractivity contribution in [2.24, 2.45) is 5.92 Å². The zero-order valence-electron chi connectivity index (χ0n) is 11.6. The summed E-state index contributed by atoms with van der Waals surface area (Å²) in [4.78, 5) is 14.7. The van der Waals surface area contributed by atoms with Crippen molar-refractivity contribution in [1.29, 1.82) is 0 Å². The van der Waals surface area contributed by atoms with Gasteiger partial charge >= 0.3 is 0 Å². The third-order valence-corrected chi connectivity index (χ3v) is 5.88. The molecule has 0 saturated carbocycles. The minimum Gasteiger partial charge on any atom is -0.338 e. The van der Waals surface area contributed by atoms with E-state index < -0.39 is 0 Å². The van der Waals surface area contributed by atoms with Crippen molar-refractivity contribution >= 4 is 49.1 Å². The number of halogens is 2. The lowest BCUT2D eigenvalue weighted by molar-refractivity contribution is 0.0718. The predicted octanol–water partition coefficient (Wildman–Crippen LogP) is 4.12. The molecule has 0 aromatic carbocycles. The Balaban J connectivity index is 2.06. The van der Waals surface area contributed by atoms with Gasteiger partial charge in [0.15, 0.2) is 0 Å².